The second-order valence-corrected chi connectivity index (χ2v) is 6.49. The standard InChI is InChI=1S/C22H26O7/c1-14(2)29-18-11-15(5-7-17(18)23)9-10-28-21(24)8-6-16-12-19(26-3)22(25)20(13-16)27-4/h5-8,11-14,23,25H,9-10H2,1-4H3/b8-6+. The van der Waals surface area contributed by atoms with Gasteiger partial charge in [0.15, 0.2) is 23.0 Å². The number of phenols is 2. The minimum atomic E-state index is -0.506. The van der Waals surface area contributed by atoms with Crippen LogP contribution in [0.5, 0.6) is 28.7 Å². The lowest BCUT2D eigenvalue weighted by Crippen LogP contribution is -2.07. The van der Waals surface area contributed by atoms with E-state index in [1.165, 1.54) is 20.3 Å². The summed E-state index contributed by atoms with van der Waals surface area (Å²) in [6.45, 7) is 3.93. The van der Waals surface area contributed by atoms with Crippen molar-refractivity contribution in [3.8, 4) is 28.7 Å². The van der Waals surface area contributed by atoms with Crippen LogP contribution in [0, 0.1) is 0 Å². The molecule has 0 aliphatic rings. The molecule has 0 saturated carbocycles. The molecule has 2 aromatic rings. The molecule has 0 aromatic heterocycles. The Balaban J connectivity index is 1.94. The Hall–Kier alpha value is -3.35. The average Bonchev–Trinajstić information content (AvgIpc) is 2.69. The molecule has 2 rings (SSSR count). The third-order valence-corrected chi connectivity index (χ3v) is 3.94. The van der Waals surface area contributed by atoms with E-state index in [1.807, 2.05) is 13.8 Å². The first-order valence-electron chi connectivity index (χ1n) is 9.12. The molecule has 0 atom stereocenters. The molecule has 0 amide bonds. The number of aromatic hydroxyl groups is 2. The number of hydrogen-bond acceptors (Lipinski definition) is 7. The first kappa shape index (κ1) is 21.9. The van der Waals surface area contributed by atoms with Crippen LogP contribution in [0.25, 0.3) is 6.08 Å². The second kappa shape index (κ2) is 10.3. The van der Waals surface area contributed by atoms with Crippen LogP contribution < -0.4 is 14.2 Å². The van der Waals surface area contributed by atoms with Crippen molar-refractivity contribution in [3.63, 3.8) is 0 Å². The lowest BCUT2D eigenvalue weighted by Gasteiger charge is -2.12. The van der Waals surface area contributed by atoms with Gasteiger partial charge in [-0.1, -0.05) is 6.07 Å². The molecule has 0 spiro atoms. The van der Waals surface area contributed by atoms with Crippen LogP contribution in [0.15, 0.2) is 36.4 Å². The summed E-state index contributed by atoms with van der Waals surface area (Å²) in [5.41, 5.74) is 1.49. The third-order valence-electron chi connectivity index (χ3n) is 3.94. The number of phenolic OH excluding ortho intramolecular Hbond substituents is 2. The fraction of sp³-hybridized carbons (Fsp3) is 0.318. The highest BCUT2D eigenvalue weighted by Crippen LogP contribution is 2.37. The molecule has 2 aromatic carbocycles. The van der Waals surface area contributed by atoms with E-state index in [9.17, 15) is 15.0 Å². The van der Waals surface area contributed by atoms with Crippen LogP contribution in [0.2, 0.25) is 0 Å². The lowest BCUT2D eigenvalue weighted by atomic mass is 10.1. The van der Waals surface area contributed by atoms with Crippen LogP contribution in [0.4, 0.5) is 0 Å². The van der Waals surface area contributed by atoms with Gasteiger partial charge in [-0.15, -0.1) is 0 Å². The molecule has 156 valence electrons. The van der Waals surface area contributed by atoms with E-state index in [0.29, 0.717) is 17.7 Å². The maximum atomic E-state index is 12.0. The highest BCUT2D eigenvalue weighted by atomic mass is 16.5. The van der Waals surface area contributed by atoms with Gasteiger partial charge in [0.1, 0.15) is 0 Å². The molecular formula is C22H26O7. The zero-order valence-electron chi connectivity index (χ0n) is 17.0. The summed E-state index contributed by atoms with van der Waals surface area (Å²) in [6.07, 6.45) is 3.25. The normalized spacial score (nSPS) is 10.9. The number of esters is 1. The highest BCUT2D eigenvalue weighted by Gasteiger charge is 2.10. The van der Waals surface area contributed by atoms with Crippen LogP contribution in [-0.4, -0.2) is 43.1 Å². The number of hydrogen-bond donors (Lipinski definition) is 2. The largest absolute Gasteiger partial charge is 0.504 e. The van der Waals surface area contributed by atoms with Gasteiger partial charge >= 0.3 is 5.97 Å². The molecule has 0 saturated heterocycles. The van der Waals surface area contributed by atoms with Gasteiger partial charge in [-0.25, -0.2) is 4.79 Å². The molecule has 29 heavy (non-hydrogen) atoms. The average molecular weight is 402 g/mol. The summed E-state index contributed by atoms with van der Waals surface area (Å²) in [7, 11) is 2.86. The van der Waals surface area contributed by atoms with Crippen molar-refractivity contribution in [1.29, 1.82) is 0 Å². The molecule has 7 heteroatoms. The molecule has 0 unspecified atom stereocenters. The number of carbonyl (C=O) groups is 1. The Labute approximate surface area is 170 Å². The summed E-state index contributed by atoms with van der Waals surface area (Å²) >= 11 is 0. The summed E-state index contributed by atoms with van der Waals surface area (Å²) in [5, 5.41) is 19.7. The minimum Gasteiger partial charge on any atom is -0.504 e. The van der Waals surface area contributed by atoms with E-state index in [-0.39, 0.29) is 35.7 Å². The van der Waals surface area contributed by atoms with Gasteiger partial charge in [0.2, 0.25) is 5.75 Å². The minimum absolute atomic E-state index is 0.0590. The summed E-state index contributed by atoms with van der Waals surface area (Å²) in [4.78, 5) is 12.0. The van der Waals surface area contributed by atoms with Gasteiger partial charge in [0.25, 0.3) is 0 Å². The highest BCUT2D eigenvalue weighted by molar-refractivity contribution is 5.87. The third kappa shape index (κ3) is 6.34. The Morgan fingerprint density at radius 1 is 1.03 bits per heavy atom. The summed E-state index contributed by atoms with van der Waals surface area (Å²) in [5.74, 6) is 0.340. The Kier molecular flexibility index (Phi) is 7.77. The summed E-state index contributed by atoms with van der Waals surface area (Å²) in [6, 6.07) is 8.19. The maximum absolute atomic E-state index is 12.0. The van der Waals surface area contributed by atoms with Crippen LogP contribution in [-0.2, 0) is 16.0 Å². The molecule has 0 aliphatic heterocycles. The molecule has 0 aliphatic carbocycles. The molecule has 7 nitrogen and oxygen atoms in total. The van der Waals surface area contributed by atoms with Gasteiger partial charge in [0, 0.05) is 12.5 Å². The van der Waals surface area contributed by atoms with Crippen LogP contribution in [0.1, 0.15) is 25.0 Å². The van der Waals surface area contributed by atoms with Crippen molar-refractivity contribution in [2.45, 2.75) is 26.4 Å². The predicted octanol–water partition coefficient (Wildman–Crippen LogP) is 3.70. The molecule has 0 heterocycles. The predicted molar refractivity (Wildman–Crippen MR) is 109 cm³/mol. The molecule has 2 N–H and O–H groups in total. The zero-order valence-corrected chi connectivity index (χ0v) is 17.0. The van der Waals surface area contributed by atoms with Crippen LogP contribution >= 0.6 is 0 Å². The Morgan fingerprint density at radius 3 is 2.28 bits per heavy atom. The van der Waals surface area contributed by atoms with E-state index in [2.05, 4.69) is 0 Å². The number of methoxy groups -OCH3 is 2. The van der Waals surface area contributed by atoms with E-state index < -0.39 is 5.97 Å². The molecule has 0 radical (unpaired) electrons. The van der Waals surface area contributed by atoms with Crippen molar-refractivity contribution in [2.75, 3.05) is 20.8 Å². The SMILES string of the molecule is COc1cc(/C=C/C(=O)OCCc2ccc(O)c(OC(C)C)c2)cc(OC)c1O. The number of benzene rings is 2. The fourth-order valence-corrected chi connectivity index (χ4v) is 2.55. The summed E-state index contributed by atoms with van der Waals surface area (Å²) < 4.78 is 20.9. The first-order valence-corrected chi connectivity index (χ1v) is 9.12. The second-order valence-electron chi connectivity index (χ2n) is 6.49. The van der Waals surface area contributed by atoms with Gasteiger partial charge in [0.05, 0.1) is 26.9 Å². The van der Waals surface area contributed by atoms with Crippen LogP contribution in [0.3, 0.4) is 0 Å². The van der Waals surface area contributed by atoms with Crippen molar-refractivity contribution >= 4 is 12.0 Å². The maximum Gasteiger partial charge on any atom is 0.330 e. The zero-order chi connectivity index (χ0) is 21.4. The van der Waals surface area contributed by atoms with E-state index in [0.717, 1.165) is 5.56 Å². The fourth-order valence-electron chi connectivity index (χ4n) is 2.55. The first-order chi connectivity index (χ1) is 13.8. The van der Waals surface area contributed by atoms with Crippen molar-refractivity contribution in [3.05, 3.63) is 47.5 Å². The van der Waals surface area contributed by atoms with Crippen molar-refractivity contribution in [1.82, 2.24) is 0 Å². The Morgan fingerprint density at radius 2 is 1.69 bits per heavy atom. The van der Waals surface area contributed by atoms with E-state index in [1.54, 1.807) is 36.4 Å². The molecule has 0 bridgehead atoms. The van der Waals surface area contributed by atoms with E-state index in [4.69, 9.17) is 18.9 Å². The monoisotopic (exact) mass is 402 g/mol. The van der Waals surface area contributed by atoms with Gasteiger partial charge in [-0.3, -0.25) is 0 Å². The van der Waals surface area contributed by atoms with E-state index >= 15 is 0 Å². The van der Waals surface area contributed by atoms with Crippen molar-refractivity contribution in [2.24, 2.45) is 0 Å². The number of ether oxygens (including phenoxy) is 4. The lowest BCUT2D eigenvalue weighted by molar-refractivity contribution is -0.137. The van der Waals surface area contributed by atoms with Gasteiger partial charge in [-0.05, 0) is 55.3 Å². The molecule has 0 fully saturated rings. The Bertz CT molecular complexity index is 846. The quantitative estimate of drug-likeness (QED) is 0.488. The number of carbonyl (C=O) groups excluding carboxylic acids is 1. The topological polar surface area (TPSA) is 94.5 Å². The van der Waals surface area contributed by atoms with Gasteiger partial charge in [-0.2, -0.15) is 0 Å². The number of rotatable bonds is 9. The van der Waals surface area contributed by atoms with Gasteiger partial charge < -0.3 is 29.2 Å². The van der Waals surface area contributed by atoms with Crippen molar-refractivity contribution < 1.29 is 34.0 Å². The smallest absolute Gasteiger partial charge is 0.330 e. The molecular weight excluding hydrogens is 376 g/mol.